The van der Waals surface area contributed by atoms with E-state index in [1.54, 1.807) is 6.08 Å². The van der Waals surface area contributed by atoms with E-state index in [0.29, 0.717) is 9.23 Å². The standard InChI is InChI=1S/C15H16N2O3S2/c1-16(2)11-5-3-10(4-6-11)9-12-14(20)17(15(21)22-12)8-7-13(18)19/h3-6,9H,7-8H2,1-2H3,(H,18,19). The number of benzene rings is 1. The first kappa shape index (κ1) is 16.5. The molecule has 0 saturated carbocycles. The lowest BCUT2D eigenvalue weighted by Gasteiger charge is -2.12. The van der Waals surface area contributed by atoms with E-state index in [4.69, 9.17) is 17.3 Å². The molecule has 1 saturated heterocycles. The third kappa shape index (κ3) is 3.86. The predicted octanol–water partition coefficient (Wildman–Crippen LogP) is 2.43. The third-order valence-electron chi connectivity index (χ3n) is 3.13. The molecule has 5 nitrogen and oxygen atoms in total. The number of nitrogens with zero attached hydrogens (tertiary/aromatic N) is 2. The highest BCUT2D eigenvalue weighted by Crippen LogP contribution is 2.32. The van der Waals surface area contributed by atoms with Gasteiger partial charge in [-0.05, 0) is 23.8 Å². The summed E-state index contributed by atoms with van der Waals surface area (Å²) in [4.78, 5) is 26.7. The number of carbonyl (C=O) groups is 2. The normalized spacial score (nSPS) is 16.5. The largest absolute Gasteiger partial charge is 0.481 e. The summed E-state index contributed by atoms with van der Waals surface area (Å²) in [7, 11) is 3.92. The number of aliphatic carboxylic acids is 1. The Morgan fingerprint density at radius 2 is 2.00 bits per heavy atom. The van der Waals surface area contributed by atoms with Gasteiger partial charge in [0.2, 0.25) is 0 Å². The van der Waals surface area contributed by atoms with E-state index in [1.165, 1.54) is 16.7 Å². The number of carboxylic acid groups (broad SMARTS) is 1. The van der Waals surface area contributed by atoms with Gasteiger partial charge < -0.3 is 10.0 Å². The maximum atomic E-state index is 12.3. The minimum Gasteiger partial charge on any atom is -0.481 e. The van der Waals surface area contributed by atoms with Gasteiger partial charge in [0.05, 0.1) is 11.3 Å². The van der Waals surface area contributed by atoms with Crippen LogP contribution in [0.25, 0.3) is 6.08 Å². The molecule has 0 unspecified atom stereocenters. The molecule has 1 aliphatic rings. The SMILES string of the molecule is CN(C)c1ccc(C=C2SC(=S)N(CCC(=O)O)C2=O)cc1. The highest BCUT2D eigenvalue weighted by atomic mass is 32.2. The molecule has 1 aromatic carbocycles. The molecule has 7 heteroatoms. The second-order valence-corrected chi connectivity index (χ2v) is 6.64. The summed E-state index contributed by atoms with van der Waals surface area (Å²) in [5.74, 6) is -1.18. The number of carbonyl (C=O) groups excluding carboxylic acids is 1. The van der Waals surface area contributed by atoms with Crippen molar-refractivity contribution in [1.29, 1.82) is 0 Å². The molecule has 1 amide bonds. The van der Waals surface area contributed by atoms with Crippen LogP contribution >= 0.6 is 24.0 Å². The van der Waals surface area contributed by atoms with Crippen molar-refractivity contribution in [3.8, 4) is 0 Å². The Balaban J connectivity index is 2.13. The van der Waals surface area contributed by atoms with Crippen molar-refractivity contribution in [1.82, 2.24) is 4.90 Å². The van der Waals surface area contributed by atoms with Gasteiger partial charge in [-0.3, -0.25) is 14.5 Å². The van der Waals surface area contributed by atoms with Crippen LogP contribution in [0.15, 0.2) is 29.2 Å². The molecule has 1 fully saturated rings. The molecule has 0 aromatic heterocycles. The lowest BCUT2D eigenvalue weighted by molar-refractivity contribution is -0.137. The van der Waals surface area contributed by atoms with Crippen molar-refractivity contribution in [3.05, 3.63) is 34.7 Å². The zero-order valence-corrected chi connectivity index (χ0v) is 13.9. The van der Waals surface area contributed by atoms with E-state index in [0.717, 1.165) is 11.3 Å². The van der Waals surface area contributed by atoms with Crippen LogP contribution < -0.4 is 4.90 Å². The molecule has 2 rings (SSSR count). The average molecular weight is 336 g/mol. The molecule has 0 bridgehead atoms. The quantitative estimate of drug-likeness (QED) is 0.658. The Morgan fingerprint density at radius 3 is 2.55 bits per heavy atom. The molecular weight excluding hydrogens is 320 g/mol. The van der Waals surface area contributed by atoms with Gasteiger partial charge in [-0.2, -0.15) is 0 Å². The van der Waals surface area contributed by atoms with Crippen LogP contribution in [0, 0.1) is 0 Å². The Kier molecular flexibility index (Phi) is 5.20. The molecule has 0 spiro atoms. The van der Waals surface area contributed by atoms with Gasteiger partial charge >= 0.3 is 5.97 Å². The summed E-state index contributed by atoms with van der Waals surface area (Å²) in [6.45, 7) is 0.108. The van der Waals surface area contributed by atoms with Crippen molar-refractivity contribution in [3.63, 3.8) is 0 Å². The monoisotopic (exact) mass is 336 g/mol. The number of carboxylic acids is 1. The van der Waals surface area contributed by atoms with E-state index < -0.39 is 5.97 Å². The smallest absolute Gasteiger partial charge is 0.305 e. The van der Waals surface area contributed by atoms with Crippen molar-refractivity contribution in [2.45, 2.75) is 6.42 Å². The minimum absolute atomic E-state index is 0.108. The first-order chi connectivity index (χ1) is 10.4. The summed E-state index contributed by atoms with van der Waals surface area (Å²) < 4.78 is 0.405. The number of anilines is 1. The number of amides is 1. The van der Waals surface area contributed by atoms with Crippen molar-refractivity contribution in [2.75, 3.05) is 25.5 Å². The van der Waals surface area contributed by atoms with Crippen molar-refractivity contribution in [2.24, 2.45) is 0 Å². The maximum absolute atomic E-state index is 12.3. The van der Waals surface area contributed by atoms with Gasteiger partial charge in [-0.1, -0.05) is 36.1 Å². The second-order valence-electron chi connectivity index (χ2n) is 4.96. The summed E-state index contributed by atoms with van der Waals surface area (Å²) >= 11 is 6.35. The van der Waals surface area contributed by atoms with Crippen molar-refractivity contribution < 1.29 is 14.7 Å². The number of hydrogen-bond donors (Lipinski definition) is 1. The molecule has 0 atom stereocenters. The summed E-state index contributed by atoms with van der Waals surface area (Å²) in [6, 6.07) is 7.80. The molecular formula is C15H16N2O3S2. The molecule has 0 radical (unpaired) electrons. The van der Waals surface area contributed by atoms with Crippen LogP contribution in [0.2, 0.25) is 0 Å². The van der Waals surface area contributed by atoms with E-state index in [-0.39, 0.29) is 18.9 Å². The van der Waals surface area contributed by atoms with E-state index in [9.17, 15) is 9.59 Å². The zero-order chi connectivity index (χ0) is 16.3. The topological polar surface area (TPSA) is 60.9 Å². The van der Waals surface area contributed by atoms with Gasteiger partial charge in [0.15, 0.2) is 0 Å². The predicted molar refractivity (Wildman–Crippen MR) is 92.9 cm³/mol. The van der Waals surface area contributed by atoms with Crippen LogP contribution in [0.3, 0.4) is 0 Å². The lowest BCUT2D eigenvalue weighted by Crippen LogP contribution is -2.30. The Labute approximate surface area is 138 Å². The highest BCUT2D eigenvalue weighted by molar-refractivity contribution is 8.26. The minimum atomic E-state index is -0.947. The number of thiocarbonyl (C=S) groups is 1. The van der Waals surface area contributed by atoms with Crippen LogP contribution in [-0.4, -0.2) is 46.8 Å². The van der Waals surface area contributed by atoms with Gasteiger partial charge in [-0.15, -0.1) is 0 Å². The molecule has 1 heterocycles. The number of thioether (sulfide) groups is 1. The molecule has 1 aliphatic heterocycles. The zero-order valence-electron chi connectivity index (χ0n) is 12.3. The van der Waals surface area contributed by atoms with Gasteiger partial charge in [0.1, 0.15) is 4.32 Å². The Morgan fingerprint density at radius 1 is 1.36 bits per heavy atom. The number of hydrogen-bond acceptors (Lipinski definition) is 5. The fraction of sp³-hybridized carbons (Fsp3) is 0.267. The summed E-state index contributed by atoms with van der Waals surface area (Å²) in [5, 5.41) is 8.71. The fourth-order valence-corrected chi connectivity index (χ4v) is 3.23. The van der Waals surface area contributed by atoms with Gasteiger partial charge in [0, 0.05) is 26.3 Å². The van der Waals surface area contributed by atoms with Crippen LogP contribution in [0.4, 0.5) is 5.69 Å². The Bertz CT molecular complexity index is 639. The van der Waals surface area contributed by atoms with E-state index in [1.807, 2.05) is 43.3 Å². The van der Waals surface area contributed by atoms with E-state index >= 15 is 0 Å². The number of rotatable bonds is 5. The second kappa shape index (κ2) is 6.93. The molecule has 116 valence electrons. The third-order valence-corrected chi connectivity index (χ3v) is 4.51. The average Bonchev–Trinajstić information content (AvgIpc) is 2.72. The summed E-state index contributed by atoms with van der Waals surface area (Å²) in [6.07, 6.45) is 1.66. The fourth-order valence-electron chi connectivity index (χ4n) is 1.92. The van der Waals surface area contributed by atoms with Crippen LogP contribution in [-0.2, 0) is 9.59 Å². The van der Waals surface area contributed by atoms with Crippen molar-refractivity contribution >= 4 is 51.9 Å². The molecule has 1 N–H and O–H groups in total. The molecule has 0 aliphatic carbocycles. The lowest BCUT2D eigenvalue weighted by atomic mass is 10.2. The van der Waals surface area contributed by atoms with Gasteiger partial charge in [0.25, 0.3) is 5.91 Å². The highest BCUT2D eigenvalue weighted by Gasteiger charge is 2.31. The maximum Gasteiger partial charge on any atom is 0.305 e. The first-order valence-corrected chi connectivity index (χ1v) is 7.85. The van der Waals surface area contributed by atoms with E-state index in [2.05, 4.69) is 0 Å². The van der Waals surface area contributed by atoms with Crippen LogP contribution in [0.5, 0.6) is 0 Å². The van der Waals surface area contributed by atoms with Crippen LogP contribution in [0.1, 0.15) is 12.0 Å². The molecule has 1 aromatic rings. The first-order valence-electron chi connectivity index (χ1n) is 6.63. The van der Waals surface area contributed by atoms with Gasteiger partial charge in [-0.25, -0.2) is 0 Å². The Hall–Kier alpha value is -1.86. The molecule has 22 heavy (non-hydrogen) atoms. The summed E-state index contributed by atoms with van der Waals surface area (Å²) in [5.41, 5.74) is 1.98.